The van der Waals surface area contributed by atoms with Gasteiger partial charge in [0.2, 0.25) is 0 Å². The minimum absolute atomic E-state index is 0.161. The van der Waals surface area contributed by atoms with Crippen molar-refractivity contribution < 1.29 is 14.3 Å². The fraction of sp³-hybridized carbons (Fsp3) is 0.571. The van der Waals surface area contributed by atoms with Crippen molar-refractivity contribution in [3.05, 3.63) is 23.8 Å². The Balaban J connectivity index is 2.73. The zero-order valence-corrected chi connectivity index (χ0v) is 13.2. The first-order valence-corrected chi connectivity index (χ1v) is 9.08. The second-order valence-corrected chi connectivity index (χ2v) is 10.9. The minimum atomic E-state index is -1.74. The molecule has 0 saturated carbocycles. The molecule has 0 aliphatic heterocycles. The van der Waals surface area contributed by atoms with Gasteiger partial charge in [-0.05, 0) is 35.8 Å². The molecule has 0 aliphatic rings. The van der Waals surface area contributed by atoms with E-state index in [1.54, 1.807) is 19.2 Å². The Kier molecular flexibility index (Phi) is 4.45. The molecule has 0 bridgehead atoms. The molecule has 1 N–H and O–H groups in total. The molecule has 18 heavy (non-hydrogen) atoms. The van der Waals surface area contributed by atoms with Gasteiger partial charge >= 0.3 is 0 Å². The smallest absolute Gasteiger partial charge is 0.192 e. The largest absolute Gasteiger partial charge is 0.504 e. The number of phenolic OH excluding ortho intramolecular Hbond substituents is 1. The highest BCUT2D eigenvalue weighted by Gasteiger charge is 2.37. The van der Waals surface area contributed by atoms with Crippen molar-refractivity contribution in [2.24, 2.45) is 0 Å². The minimum Gasteiger partial charge on any atom is -0.504 e. The SMILES string of the molecule is COc1ccc(CO[Si](C)(C)C(C)(C)C)cc1O. The zero-order chi connectivity index (χ0) is 14.0. The van der Waals surface area contributed by atoms with Gasteiger partial charge in [0.05, 0.1) is 13.7 Å². The molecule has 0 heterocycles. The molecular weight excluding hydrogens is 244 g/mol. The van der Waals surface area contributed by atoms with E-state index in [1.165, 1.54) is 0 Å². The van der Waals surface area contributed by atoms with Gasteiger partial charge in [0.25, 0.3) is 0 Å². The lowest BCUT2D eigenvalue weighted by atomic mass is 10.2. The van der Waals surface area contributed by atoms with Gasteiger partial charge in [-0.3, -0.25) is 0 Å². The van der Waals surface area contributed by atoms with Crippen LogP contribution < -0.4 is 4.74 Å². The Bertz CT molecular complexity index is 408. The van der Waals surface area contributed by atoms with Crippen LogP contribution in [-0.2, 0) is 11.0 Å². The molecule has 1 aromatic carbocycles. The van der Waals surface area contributed by atoms with Gasteiger partial charge < -0.3 is 14.3 Å². The summed E-state index contributed by atoms with van der Waals surface area (Å²) in [7, 11) is -0.197. The van der Waals surface area contributed by atoms with Crippen LogP contribution in [0.2, 0.25) is 18.1 Å². The monoisotopic (exact) mass is 268 g/mol. The van der Waals surface area contributed by atoms with Crippen molar-refractivity contribution in [3.63, 3.8) is 0 Å². The zero-order valence-electron chi connectivity index (χ0n) is 12.2. The maximum atomic E-state index is 9.71. The molecule has 0 radical (unpaired) electrons. The van der Waals surface area contributed by atoms with Crippen LogP contribution in [0, 0.1) is 0 Å². The molecule has 0 aromatic heterocycles. The summed E-state index contributed by atoms with van der Waals surface area (Å²) in [6, 6.07) is 5.39. The molecule has 4 heteroatoms. The Hall–Kier alpha value is -1.00. The molecule has 0 saturated heterocycles. The third-order valence-corrected chi connectivity index (χ3v) is 8.13. The van der Waals surface area contributed by atoms with Crippen molar-refractivity contribution in [2.75, 3.05) is 7.11 Å². The number of phenols is 1. The van der Waals surface area contributed by atoms with E-state index < -0.39 is 8.32 Å². The summed E-state index contributed by atoms with van der Waals surface area (Å²) in [6.45, 7) is 11.6. The van der Waals surface area contributed by atoms with E-state index in [0.717, 1.165) is 5.56 Å². The molecule has 0 aliphatic carbocycles. The number of rotatable bonds is 4. The summed E-state index contributed by atoms with van der Waals surface area (Å²) in [5, 5.41) is 9.91. The van der Waals surface area contributed by atoms with Crippen molar-refractivity contribution in [3.8, 4) is 11.5 Å². The van der Waals surface area contributed by atoms with E-state index in [2.05, 4.69) is 33.9 Å². The van der Waals surface area contributed by atoms with Gasteiger partial charge in [0.1, 0.15) is 0 Å². The van der Waals surface area contributed by atoms with Gasteiger partial charge in [-0.25, -0.2) is 0 Å². The number of hydrogen-bond donors (Lipinski definition) is 1. The van der Waals surface area contributed by atoms with E-state index in [4.69, 9.17) is 9.16 Å². The maximum absolute atomic E-state index is 9.71. The highest BCUT2D eigenvalue weighted by Crippen LogP contribution is 2.37. The topological polar surface area (TPSA) is 38.7 Å². The molecule has 1 rings (SSSR count). The number of methoxy groups -OCH3 is 1. The molecule has 1 aromatic rings. The molecule has 0 amide bonds. The van der Waals surface area contributed by atoms with Crippen molar-refractivity contribution in [1.29, 1.82) is 0 Å². The lowest BCUT2D eigenvalue weighted by molar-refractivity contribution is 0.275. The first-order chi connectivity index (χ1) is 8.17. The predicted molar refractivity (Wildman–Crippen MR) is 76.6 cm³/mol. The molecule has 0 unspecified atom stereocenters. The second-order valence-electron chi connectivity index (χ2n) is 6.06. The van der Waals surface area contributed by atoms with Crippen LogP contribution in [0.5, 0.6) is 11.5 Å². The van der Waals surface area contributed by atoms with Crippen LogP contribution in [0.25, 0.3) is 0 Å². The Morgan fingerprint density at radius 2 is 1.83 bits per heavy atom. The number of benzene rings is 1. The Morgan fingerprint density at radius 1 is 1.22 bits per heavy atom. The summed E-state index contributed by atoms with van der Waals surface area (Å²) >= 11 is 0. The second kappa shape index (κ2) is 5.32. The van der Waals surface area contributed by atoms with E-state index in [-0.39, 0.29) is 10.8 Å². The standard InChI is InChI=1S/C14H24O3Si/c1-14(2,3)18(5,6)17-10-11-7-8-13(16-4)12(15)9-11/h7-9,15H,10H2,1-6H3. The molecule has 0 fully saturated rings. The lowest BCUT2D eigenvalue weighted by Crippen LogP contribution is -2.40. The Morgan fingerprint density at radius 3 is 2.28 bits per heavy atom. The van der Waals surface area contributed by atoms with Crippen molar-refractivity contribution in [1.82, 2.24) is 0 Å². The Labute approximate surface area is 111 Å². The molecular formula is C14H24O3Si. The van der Waals surface area contributed by atoms with Gasteiger partial charge in [-0.1, -0.05) is 26.8 Å². The lowest BCUT2D eigenvalue weighted by Gasteiger charge is -2.36. The molecule has 102 valence electrons. The van der Waals surface area contributed by atoms with Crippen LogP contribution in [0.3, 0.4) is 0 Å². The number of hydrogen-bond acceptors (Lipinski definition) is 3. The third-order valence-electron chi connectivity index (χ3n) is 3.65. The first-order valence-electron chi connectivity index (χ1n) is 6.17. The molecule has 0 spiro atoms. The van der Waals surface area contributed by atoms with Crippen molar-refractivity contribution >= 4 is 8.32 Å². The quantitative estimate of drug-likeness (QED) is 0.841. The van der Waals surface area contributed by atoms with E-state index in [1.807, 2.05) is 6.07 Å². The summed E-state index contributed by atoms with van der Waals surface area (Å²) in [6.07, 6.45) is 0. The van der Waals surface area contributed by atoms with Crippen LogP contribution in [-0.4, -0.2) is 20.5 Å². The van der Waals surface area contributed by atoms with Crippen molar-refractivity contribution in [2.45, 2.75) is 45.5 Å². The van der Waals surface area contributed by atoms with E-state index in [0.29, 0.717) is 12.4 Å². The highest BCUT2D eigenvalue weighted by atomic mass is 28.4. The highest BCUT2D eigenvalue weighted by molar-refractivity contribution is 6.74. The first kappa shape index (κ1) is 15.1. The molecule has 0 atom stereocenters. The van der Waals surface area contributed by atoms with Gasteiger partial charge in [-0.15, -0.1) is 0 Å². The van der Waals surface area contributed by atoms with Gasteiger partial charge in [0, 0.05) is 0 Å². The van der Waals surface area contributed by atoms with Crippen LogP contribution in [0.1, 0.15) is 26.3 Å². The number of aromatic hydroxyl groups is 1. The van der Waals surface area contributed by atoms with E-state index >= 15 is 0 Å². The fourth-order valence-corrected chi connectivity index (χ4v) is 2.27. The predicted octanol–water partition coefficient (Wildman–Crippen LogP) is 3.92. The molecule has 3 nitrogen and oxygen atoms in total. The maximum Gasteiger partial charge on any atom is 0.192 e. The summed E-state index contributed by atoms with van der Waals surface area (Å²) in [5.41, 5.74) is 0.970. The van der Waals surface area contributed by atoms with Gasteiger partial charge in [-0.2, -0.15) is 0 Å². The van der Waals surface area contributed by atoms with E-state index in [9.17, 15) is 5.11 Å². The summed E-state index contributed by atoms with van der Waals surface area (Å²) in [5.74, 6) is 0.653. The summed E-state index contributed by atoms with van der Waals surface area (Å²) in [4.78, 5) is 0. The summed E-state index contributed by atoms with van der Waals surface area (Å²) < 4.78 is 11.1. The van der Waals surface area contributed by atoms with Gasteiger partial charge in [0.15, 0.2) is 19.8 Å². The average molecular weight is 268 g/mol. The number of ether oxygens (including phenoxy) is 1. The third kappa shape index (κ3) is 3.49. The normalized spacial score (nSPS) is 12.6. The van der Waals surface area contributed by atoms with Crippen LogP contribution >= 0.6 is 0 Å². The fourth-order valence-electron chi connectivity index (χ4n) is 1.31. The van der Waals surface area contributed by atoms with Crippen LogP contribution in [0.15, 0.2) is 18.2 Å². The van der Waals surface area contributed by atoms with Crippen LogP contribution in [0.4, 0.5) is 0 Å². The average Bonchev–Trinajstić information content (AvgIpc) is 2.25.